The van der Waals surface area contributed by atoms with Crippen LogP contribution in [0.3, 0.4) is 0 Å². The Bertz CT molecular complexity index is 787. The molecule has 1 aromatic carbocycles. The molecule has 1 aliphatic carbocycles. The quantitative estimate of drug-likeness (QED) is 0.792. The summed E-state index contributed by atoms with van der Waals surface area (Å²) < 4.78 is 28.4. The molecule has 1 amide bonds. The van der Waals surface area contributed by atoms with Crippen molar-refractivity contribution in [1.29, 1.82) is 0 Å². The average molecular weight is 381 g/mol. The summed E-state index contributed by atoms with van der Waals surface area (Å²) in [4.78, 5) is 24.4. The van der Waals surface area contributed by atoms with E-state index in [0.29, 0.717) is 17.4 Å². The molecular formula is C19H27NO5S. The summed E-state index contributed by atoms with van der Waals surface area (Å²) in [5.74, 6) is -0.0931. The Kier molecular flexibility index (Phi) is 6.44. The Morgan fingerprint density at radius 1 is 1.23 bits per heavy atom. The Morgan fingerprint density at radius 3 is 2.58 bits per heavy atom. The number of hydrogen-bond donors (Lipinski definition) is 1. The first-order valence-corrected chi connectivity index (χ1v) is 10.8. The number of ether oxygens (including phenoxy) is 1. The zero-order chi connectivity index (χ0) is 19.5. The van der Waals surface area contributed by atoms with Gasteiger partial charge in [0.05, 0.1) is 10.5 Å². The molecule has 7 heteroatoms. The molecule has 1 aromatic rings. The highest BCUT2D eigenvalue weighted by Gasteiger charge is 2.28. The fourth-order valence-electron chi connectivity index (χ4n) is 3.29. The first-order chi connectivity index (χ1) is 12.1. The molecule has 0 spiro atoms. The number of carbonyl (C=O) groups is 2. The second-order valence-corrected chi connectivity index (χ2v) is 9.28. The van der Waals surface area contributed by atoms with Crippen molar-refractivity contribution in [2.75, 3.05) is 12.9 Å². The Balaban J connectivity index is 1.97. The van der Waals surface area contributed by atoms with E-state index in [2.05, 4.69) is 19.2 Å². The van der Waals surface area contributed by atoms with Crippen LogP contribution in [0.4, 0.5) is 0 Å². The predicted octanol–water partition coefficient (Wildman–Crippen LogP) is 2.50. The molecule has 0 unspecified atom stereocenters. The molecule has 1 N–H and O–H groups in total. The summed E-state index contributed by atoms with van der Waals surface area (Å²) >= 11 is 0. The molecule has 1 aliphatic rings. The van der Waals surface area contributed by atoms with E-state index in [1.165, 1.54) is 18.6 Å². The van der Waals surface area contributed by atoms with E-state index in [-0.39, 0.29) is 29.0 Å². The smallest absolute Gasteiger partial charge is 0.338 e. The number of amides is 1. The second-order valence-electron chi connectivity index (χ2n) is 7.27. The van der Waals surface area contributed by atoms with Crippen LogP contribution >= 0.6 is 0 Å². The van der Waals surface area contributed by atoms with Crippen LogP contribution in [-0.4, -0.2) is 39.2 Å². The number of benzene rings is 1. The molecule has 26 heavy (non-hydrogen) atoms. The van der Waals surface area contributed by atoms with E-state index in [1.54, 1.807) is 13.0 Å². The van der Waals surface area contributed by atoms with E-state index in [9.17, 15) is 18.0 Å². The molecule has 2 rings (SSSR count). The Morgan fingerprint density at radius 2 is 1.92 bits per heavy atom. The molecule has 1 saturated carbocycles. The minimum absolute atomic E-state index is 0.0459. The van der Waals surface area contributed by atoms with E-state index in [1.807, 2.05) is 0 Å². The molecule has 0 aromatic heterocycles. The van der Waals surface area contributed by atoms with Crippen molar-refractivity contribution in [2.24, 2.45) is 11.8 Å². The molecule has 0 heterocycles. The van der Waals surface area contributed by atoms with Gasteiger partial charge in [-0.3, -0.25) is 4.79 Å². The molecule has 0 bridgehead atoms. The van der Waals surface area contributed by atoms with Crippen LogP contribution in [0.25, 0.3) is 0 Å². The first-order valence-electron chi connectivity index (χ1n) is 8.86. The van der Waals surface area contributed by atoms with Gasteiger partial charge in [-0.2, -0.15) is 0 Å². The monoisotopic (exact) mass is 381 g/mol. The zero-order valence-electron chi connectivity index (χ0n) is 15.7. The van der Waals surface area contributed by atoms with Crippen LogP contribution in [0, 0.1) is 18.8 Å². The van der Waals surface area contributed by atoms with Gasteiger partial charge < -0.3 is 10.1 Å². The van der Waals surface area contributed by atoms with Crippen LogP contribution in [-0.2, 0) is 19.4 Å². The largest absolute Gasteiger partial charge is 0.452 e. The molecule has 144 valence electrons. The molecule has 6 nitrogen and oxygen atoms in total. The number of carbonyl (C=O) groups excluding carboxylic acids is 2. The molecule has 0 saturated heterocycles. The van der Waals surface area contributed by atoms with Gasteiger partial charge in [-0.1, -0.05) is 32.8 Å². The molecule has 0 radical (unpaired) electrons. The first kappa shape index (κ1) is 20.4. The Hall–Kier alpha value is -1.89. The molecule has 0 aliphatic heterocycles. The highest BCUT2D eigenvalue weighted by atomic mass is 32.2. The second kappa shape index (κ2) is 8.20. The Labute approximate surface area is 155 Å². The van der Waals surface area contributed by atoms with Crippen LogP contribution in [0.2, 0.25) is 0 Å². The minimum Gasteiger partial charge on any atom is -0.452 e. The van der Waals surface area contributed by atoms with Gasteiger partial charge in [0.1, 0.15) is 0 Å². The fraction of sp³-hybridized carbons (Fsp3) is 0.579. The third kappa shape index (κ3) is 5.06. The van der Waals surface area contributed by atoms with Gasteiger partial charge in [-0.05, 0) is 42.9 Å². The van der Waals surface area contributed by atoms with Crippen molar-refractivity contribution in [3.63, 3.8) is 0 Å². The lowest BCUT2D eigenvalue weighted by Crippen LogP contribution is -2.45. The van der Waals surface area contributed by atoms with Gasteiger partial charge in [0.2, 0.25) is 0 Å². The van der Waals surface area contributed by atoms with E-state index >= 15 is 0 Å². The van der Waals surface area contributed by atoms with Crippen molar-refractivity contribution in [2.45, 2.75) is 51.0 Å². The van der Waals surface area contributed by atoms with Crippen LogP contribution < -0.4 is 5.32 Å². The maximum atomic E-state index is 12.3. The lowest BCUT2D eigenvalue weighted by molar-refractivity contribution is -0.125. The lowest BCUT2D eigenvalue weighted by Gasteiger charge is -2.34. The summed E-state index contributed by atoms with van der Waals surface area (Å²) in [6.07, 6.45) is 4.25. The van der Waals surface area contributed by atoms with Gasteiger partial charge in [0.15, 0.2) is 16.4 Å². The topological polar surface area (TPSA) is 89.5 Å². The lowest BCUT2D eigenvalue weighted by atomic mass is 9.78. The summed E-state index contributed by atoms with van der Waals surface area (Å²) in [6, 6.07) is 4.38. The fourth-order valence-corrected chi connectivity index (χ4v) is 3.94. The maximum Gasteiger partial charge on any atom is 0.338 e. The summed E-state index contributed by atoms with van der Waals surface area (Å²) in [6.45, 7) is 5.62. The van der Waals surface area contributed by atoms with Gasteiger partial charge in [-0.25, -0.2) is 13.2 Å². The van der Waals surface area contributed by atoms with E-state index < -0.39 is 15.8 Å². The van der Waals surface area contributed by atoms with Gasteiger partial charge in [0, 0.05) is 12.3 Å². The number of aryl methyl sites for hydroxylation is 1. The third-order valence-corrected chi connectivity index (χ3v) is 6.35. The highest BCUT2D eigenvalue weighted by Crippen LogP contribution is 2.29. The van der Waals surface area contributed by atoms with Crippen molar-refractivity contribution < 1.29 is 22.7 Å². The number of sulfone groups is 1. The van der Waals surface area contributed by atoms with Gasteiger partial charge in [0.25, 0.3) is 5.91 Å². The zero-order valence-corrected chi connectivity index (χ0v) is 16.6. The third-order valence-electron chi connectivity index (χ3n) is 5.24. The minimum atomic E-state index is -3.42. The van der Waals surface area contributed by atoms with E-state index in [4.69, 9.17) is 4.74 Å². The number of rotatable bonds is 5. The molecule has 3 atom stereocenters. The molecule has 1 fully saturated rings. The predicted molar refractivity (Wildman–Crippen MR) is 98.7 cm³/mol. The van der Waals surface area contributed by atoms with Crippen molar-refractivity contribution >= 4 is 21.7 Å². The summed E-state index contributed by atoms with van der Waals surface area (Å²) in [5, 5.41) is 2.94. The molecular weight excluding hydrogens is 354 g/mol. The standard InChI is InChI=1S/C19H27NO5S/c1-12-6-5-7-17(14(12)3)20-18(21)11-25-19(22)16-10-15(26(4,23)24)9-8-13(16)2/h8-10,12,14,17H,5-7,11H2,1-4H3,(H,20,21)/t12-,14-,17+/m0/s1. The van der Waals surface area contributed by atoms with Crippen molar-refractivity contribution in [3.8, 4) is 0 Å². The highest BCUT2D eigenvalue weighted by molar-refractivity contribution is 7.90. The number of hydrogen-bond acceptors (Lipinski definition) is 5. The van der Waals surface area contributed by atoms with Gasteiger partial charge >= 0.3 is 5.97 Å². The van der Waals surface area contributed by atoms with Crippen molar-refractivity contribution in [3.05, 3.63) is 29.3 Å². The average Bonchev–Trinajstić information content (AvgIpc) is 2.56. The van der Waals surface area contributed by atoms with Crippen molar-refractivity contribution in [1.82, 2.24) is 5.32 Å². The summed E-state index contributed by atoms with van der Waals surface area (Å²) in [7, 11) is -3.42. The summed E-state index contributed by atoms with van der Waals surface area (Å²) in [5.41, 5.74) is 0.748. The number of nitrogens with one attached hydrogen (secondary N) is 1. The van der Waals surface area contributed by atoms with E-state index in [0.717, 1.165) is 19.1 Å². The normalized spacial score (nSPS) is 23.3. The van der Waals surface area contributed by atoms with Crippen LogP contribution in [0.15, 0.2) is 23.1 Å². The van der Waals surface area contributed by atoms with Gasteiger partial charge in [-0.15, -0.1) is 0 Å². The SMILES string of the molecule is Cc1ccc(S(C)(=O)=O)cc1C(=O)OCC(=O)N[C@@H]1CCC[C@H](C)[C@@H]1C. The maximum absolute atomic E-state index is 12.3. The van der Waals surface area contributed by atoms with Crippen LogP contribution in [0.5, 0.6) is 0 Å². The van der Waals surface area contributed by atoms with Crippen LogP contribution in [0.1, 0.15) is 49.0 Å². The number of esters is 1.